The average Bonchev–Trinajstić information content (AvgIpc) is 2.35. The maximum Gasteiger partial charge on any atom is 0.158 e. The molecular formula is C16H28O. The first-order valence-electron chi connectivity index (χ1n) is 7.39. The van der Waals surface area contributed by atoms with Crippen molar-refractivity contribution in [1.29, 1.82) is 0 Å². The second kappa shape index (κ2) is 7.68. The van der Waals surface area contributed by atoms with Crippen molar-refractivity contribution in [2.75, 3.05) is 0 Å². The van der Waals surface area contributed by atoms with E-state index in [2.05, 4.69) is 26.8 Å². The maximum absolute atomic E-state index is 12.2. The second-order valence-corrected chi connectivity index (χ2v) is 5.65. The normalized spacial score (nSPS) is 22.1. The Labute approximate surface area is 107 Å². The first-order valence-corrected chi connectivity index (χ1v) is 7.39. The van der Waals surface area contributed by atoms with Crippen LogP contribution in [0.2, 0.25) is 0 Å². The van der Waals surface area contributed by atoms with Gasteiger partial charge >= 0.3 is 0 Å². The third-order valence-corrected chi connectivity index (χ3v) is 4.05. The van der Waals surface area contributed by atoms with Crippen LogP contribution in [-0.4, -0.2) is 5.78 Å². The Morgan fingerprint density at radius 2 is 2.24 bits per heavy atom. The van der Waals surface area contributed by atoms with Crippen LogP contribution in [0.4, 0.5) is 0 Å². The number of ketones is 1. The van der Waals surface area contributed by atoms with Crippen LogP contribution in [0, 0.1) is 11.8 Å². The molecule has 0 bridgehead atoms. The Bertz CT molecular complexity index is 265. The van der Waals surface area contributed by atoms with Crippen molar-refractivity contribution in [3.63, 3.8) is 0 Å². The van der Waals surface area contributed by atoms with Crippen molar-refractivity contribution in [3.8, 4) is 0 Å². The molecule has 1 aliphatic rings. The van der Waals surface area contributed by atoms with Gasteiger partial charge in [-0.15, -0.1) is 0 Å². The van der Waals surface area contributed by atoms with Crippen molar-refractivity contribution in [2.24, 2.45) is 11.8 Å². The summed E-state index contributed by atoms with van der Waals surface area (Å²) in [5.74, 6) is 1.82. The molecule has 1 aliphatic carbocycles. The van der Waals surface area contributed by atoms with Gasteiger partial charge in [0.1, 0.15) is 0 Å². The van der Waals surface area contributed by atoms with E-state index in [9.17, 15) is 4.79 Å². The Balaban J connectivity index is 2.41. The smallest absolute Gasteiger partial charge is 0.158 e. The molecule has 0 saturated carbocycles. The predicted octanol–water partition coefficient (Wildman–Crippen LogP) is 4.91. The summed E-state index contributed by atoms with van der Waals surface area (Å²) < 4.78 is 0. The number of rotatable bonds is 7. The van der Waals surface area contributed by atoms with E-state index in [-0.39, 0.29) is 0 Å². The topological polar surface area (TPSA) is 17.1 Å². The zero-order valence-electron chi connectivity index (χ0n) is 11.8. The summed E-state index contributed by atoms with van der Waals surface area (Å²) in [5, 5.41) is 0. The maximum atomic E-state index is 12.2. The van der Waals surface area contributed by atoms with Crippen molar-refractivity contribution in [3.05, 3.63) is 11.6 Å². The van der Waals surface area contributed by atoms with Gasteiger partial charge in [-0.25, -0.2) is 0 Å². The molecule has 0 amide bonds. The number of Topliss-reactive ketones (excluding diaryl/α,β-unsaturated/α-hetero) is 1. The summed E-state index contributed by atoms with van der Waals surface area (Å²) in [6.07, 6.45) is 11.2. The molecule has 2 unspecified atom stereocenters. The van der Waals surface area contributed by atoms with Gasteiger partial charge in [0.2, 0.25) is 0 Å². The minimum atomic E-state index is 0.430. The Morgan fingerprint density at radius 1 is 1.47 bits per heavy atom. The van der Waals surface area contributed by atoms with Crippen molar-refractivity contribution in [1.82, 2.24) is 0 Å². The summed E-state index contributed by atoms with van der Waals surface area (Å²) in [6.45, 7) is 6.71. The van der Waals surface area contributed by atoms with E-state index in [1.807, 2.05) is 0 Å². The molecule has 0 N–H and O–H groups in total. The average molecular weight is 236 g/mol. The number of unbranched alkanes of at least 4 members (excludes halogenated alkanes) is 1. The summed E-state index contributed by atoms with van der Waals surface area (Å²) >= 11 is 0. The number of carbonyl (C=O) groups excluding carboxylic acids is 1. The summed E-state index contributed by atoms with van der Waals surface area (Å²) in [4.78, 5) is 12.2. The lowest BCUT2D eigenvalue weighted by molar-refractivity contribution is -0.116. The zero-order chi connectivity index (χ0) is 12.7. The van der Waals surface area contributed by atoms with Gasteiger partial charge in [0.15, 0.2) is 5.78 Å². The van der Waals surface area contributed by atoms with Crippen LogP contribution in [0.1, 0.15) is 72.1 Å². The molecule has 0 saturated heterocycles. The van der Waals surface area contributed by atoms with Crippen molar-refractivity contribution >= 4 is 5.78 Å². The highest BCUT2D eigenvalue weighted by atomic mass is 16.1. The van der Waals surface area contributed by atoms with E-state index in [0.717, 1.165) is 37.2 Å². The molecule has 1 rings (SSSR count). The summed E-state index contributed by atoms with van der Waals surface area (Å²) in [6, 6.07) is 0. The zero-order valence-corrected chi connectivity index (χ0v) is 11.8. The van der Waals surface area contributed by atoms with Crippen molar-refractivity contribution < 1.29 is 4.79 Å². The number of hydrogen-bond acceptors (Lipinski definition) is 1. The number of allylic oxidation sites excluding steroid dienone is 2. The molecule has 0 heterocycles. The lowest BCUT2D eigenvalue weighted by Gasteiger charge is -2.19. The van der Waals surface area contributed by atoms with Crippen LogP contribution in [0.25, 0.3) is 0 Å². The standard InChI is InChI=1S/C16H28O/c1-4-6-7-14(5-2)12-16(17)15-10-8-13(3)9-11-15/h10,13-14H,4-9,11-12H2,1-3H3. The largest absolute Gasteiger partial charge is 0.295 e. The van der Waals surface area contributed by atoms with E-state index in [1.165, 1.54) is 25.7 Å². The minimum absolute atomic E-state index is 0.430. The minimum Gasteiger partial charge on any atom is -0.295 e. The fourth-order valence-electron chi connectivity index (χ4n) is 2.56. The van der Waals surface area contributed by atoms with Gasteiger partial charge in [-0.2, -0.15) is 0 Å². The van der Waals surface area contributed by atoms with E-state index in [1.54, 1.807) is 0 Å². The molecule has 0 fully saturated rings. The van der Waals surface area contributed by atoms with Crippen molar-refractivity contribution in [2.45, 2.75) is 72.1 Å². The second-order valence-electron chi connectivity index (χ2n) is 5.65. The molecule has 0 aromatic rings. The van der Waals surface area contributed by atoms with Crippen LogP contribution in [0.3, 0.4) is 0 Å². The number of carbonyl (C=O) groups is 1. The van der Waals surface area contributed by atoms with E-state index < -0.39 is 0 Å². The highest BCUT2D eigenvalue weighted by Crippen LogP contribution is 2.26. The van der Waals surface area contributed by atoms with Gasteiger partial charge in [-0.1, -0.05) is 52.5 Å². The fraction of sp³-hybridized carbons (Fsp3) is 0.812. The molecule has 98 valence electrons. The Hall–Kier alpha value is -0.590. The molecular weight excluding hydrogens is 208 g/mol. The Kier molecular flexibility index (Phi) is 6.54. The molecule has 0 spiro atoms. The highest BCUT2D eigenvalue weighted by Gasteiger charge is 2.18. The molecule has 0 radical (unpaired) electrons. The van der Waals surface area contributed by atoms with Gasteiger partial charge in [-0.05, 0) is 36.7 Å². The monoisotopic (exact) mass is 236 g/mol. The van der Waals surface area contributed by atoms with E-state index in [4.69, 9.17) is 0 Å². The van der Waals surface area contributed by atoms with Gasteiger partial charge in [0, 0.05) is 6.42 Å². The molecule has 0 aromatic heterocycles. The fourth-order valence-corrected chi connectivity index (χ4v) is 2.56. The molecule has 17 heavy (non-hydrogen) atoms. The van der Waals surface area contributed by atoms with Gasteiger partial charge in [0.05, 0.1) is 0 Å². The molecule has 1 nitrogen and oxygen atoms in total. The first kappa shape index (κ1) is 14.5. The lowest BCUT2D eigenvalue weighted by Crippen LogP contribution is -2.13. The lowest BCUT2D eigenvalue weighted by atomic mass is 9.85. The summed E-state index contributed by atoms with van der Waals surface area (Å²) in [5.41, 5.74) is 1.12. The molecule has 0 aromatic carbocycles. The van der Waals surface area contributed by atoms with Crippen LogP contribution in [0.15, 0.2) is 11.6 Å². The molecule has 0 aliphatic heterocycles. The van der Waals surface area contributed by atoms with E-state index in [0.29, 0.717) is 11.7 Å². The number of hydrogen-bond donors (Lipinski definition) is 0. The predicted molar refractivity (Wildman–Crippen MR) is 74.0 cm³/mol. The third kappa shape index (κ3) is 5.06. The van der Waals surface area contributed by atoms with Gasteiger partial charge in [-0.3, -0.25) is 4.79 Å². The van der Waals surface area contributed by atoms with Gasteiger partial charge in [0.25, 0.3) is 0 Å². The van der Waals surface area contributed by atoms with Crippen LogP contribution in [-0.2, 0) is 4.79 Å². The van der Waals surface area contributed by atoms with Gasteiger partial charge < -0.3 is 0 Å². The third-order valence-electron chi connectivity index (χ3n) is 4.05. The SMILES string of the molecule is CCCCC(CC)CC(=O)C1=CCC(C)CC1. The summed E-state index contributed by atoms with van der Waals surface area (Å²) in [7, 11) is 0. The van der Waals surface area contributed by atoms with Crippen LogP contribution >= 0.6 is 0 Å². The quantitative estimate of drug-likeness (QED) is 0.614. The highest BCUT2D eigenvalue weighted by molar-refractivity contribution is 5.95. The van der Waals surface area contributed by atoms with Crippen LogP contribution < -0.4 is 0 Å². The van der Waals surface area contributed by atoms with E-state index >= 15 is 0 Å². The first-order chi connectivity index (χ1) is 8.17. The van der Waals surface area contributed by atoms with Crippen LogP contribution in [0.5, 0.6) is 0 Å². The molecule has 1 heteroatoms. The Morgan fingerprint density at radius 3 is 2.76 bits per heavy atom. The molecule has 2 atom stereocenters.